The van der Waals surface area contributed by atoms with E-state index in [2.05, 4.69) is 10.3 Å². The molecule has 1 atom stereocenters. The van der Waals surface area contributed by atoms with Gasteiger partial charge in [0.05, 0.1) is 17.4 Å². The zero-order chi connectivity index (χ0) is 15.9. The second kappa shape index (κ2) is 5.59. The Morgan fingerprint density at radius 3 is 2.68 bits per heavy atom. The maximum atomic E-state index is 12.8. The maximum absolute atomic E-state index is 12.8. The molecule has 1 saturated heterocycles. The molecule has 3 rings (SSSR count). The molecule has 22 heavy (non-hydrogen) atoms. The van der Waals surface area contributed by atoms with Crippen molar-refractivity contribution in [2.75, 3.05) is 6.54 Å². The van der Waals surface area contributed by atoms with Crippen molar-refractivity contribution in [2.24, 2.45) is 0 Å². The smallest absolute Gasteiger partial charge is 0.292 e. The lowest BCUT2D eigenvalue weighted by molar-refractivity contribution is 0.0692. The van der Waals surface area contributed by atoms with Gasteiger partial charge in [-0.1, -0.05) is 24.2 Å². The molecule has 6 nitrogen and oxygen atoms in total. The van der Waals surface area contributed by atoms with Crippen molar-refractivity contribution < 1.29 is 13.8 Å². The van der Waals surface area contributed by atoms with Crippen LogP contribution in [0.5, 0.6) is 0 Å². The SMILES string of the molecule is Cc1noc(C)c1[C@H]1CCCN1C(=O)c1cc(C(C)C)no1. The zero-order valence-electron chi connectivity index (χ0n) is 13.4. The van der Waals surface area contributed by atoms with Crippen LogP contribution >= 0.6 is 0 Å². The minimum atomic E-state index is -0.109. The van der Waals surface area contributed by atoms with Crippen LogP contribution in [0.1, 0.15) is 71.9 Å². The summed E-state index contributed by atoms with van der Waals surface area (Å²) >= 11 is 0. The van der Waals surface area contributed by atoms with Crippen molar-refractivity contribution in [3.63, 3.8) is 0 Å². The van der Waals surface area contributed by atoms with Crippen LogP contribution in [-0.4, -0.2) is 27.7 Å². The summed E-state index contributed by atoms with van der Waals surface area (Å²) in [6.45, 7) is 8.56. The van der Waals surface area contributed by atoms with Crippen LogP contribution in [0.2, 0.25) is 0 Å². The molecule has 3 heterocycles. The van der Waals surface area contributed by atoms with Gasteiger partial charge in [0, 0.05) is 18.2 Å². The molecule has 118 valence electrons. The Morgan fingerprint density at radius 1 is 1.32 bits per heavy atom. The van der Waals surface area contributed by atoms with E-state index in [0.717, 1.165) is 35.6 Å². The van der Waals surface area contributed by atoms with Crippen LogP contribution in [0.25, 0.3) is 0 Å². The van der Waals surface area contributed by atoms with Crippen LogP contribution in [0.15, 0.2) is 15.1 Å². The molecule has 0 bridgehead atoms. The Labute approximate surface area is 129 Å². The van der Waals surface area contributed by atoms with E-state index in [4.69, 9.17) is 9.05 Å². The minimum absolute atomic E-state index is 0.00588. The normalized spacial score (nSPS) is 18.4. The summed E-state index contributed by atoms with van der Waals surface area (Å²) in [6.07, 6.45) is 1.88. The topological polar surface area (TPSA) is 72.4 Å². The summed E-state index contributed by atoms with van der Waals surface area (Å²) in [6, 6.07) is 1.75. The van der Waals surface area contributed by atoms with E-state index in [1.165, 1.54) is 0 Å². The number of rotatable bonds is 3. The second-order valence-electron chi connectivity index (χ2n) is 6.17. The summed E-state index contributed by atoms with van der Waals surface area (Å²) < 4.78 is 10.5. The highest BCUT2D eigenvalue weighted by Gasteiger charge is 2.35. The standard InChI is InChI=1S/C16H21N3O3/c1-9(2)12-8-14(22-18-12)16(20)19-7-5-6-13(19)15-10(3)17-21-11(15)4/h8-9,13H,5-7H2,1-4H3/t13-/m1/s1. The van der Waals surface area contributed by atoms with Crippen LogP contribution < -0.4 is 0 Å². The number of carbonyl (C=O) groups excluding carboxylic acids is 1. The molecule has 1 aliphatic rings. The maximum Gasteiger partial charge on any atom is 0.292 e. The molecule has 0 saturated carbocycles. The summed E-state index contributed by atoms with van der Waals surface area (Å²) in [5.41, 5.74) is 2.67. The molecule has 0 spiro atoms. The zero-order valence-corrected chi connectivity index (χ0v) is 13.4. The fourth-order valence-electron chi connectivity index (χ4n) is 3.08. The second-order valence-corrected chi connectivity index (χ2v) is 6.17. The lowest BCUT2D eigenvalue weighted by Gasteiger charge is -2.23. The van der Waals surface area contributed by atoms with Gasteiger partial charge in [-0.05, 0) is 32.6 Å². The molecule has 6 heteroatoms. The van der Waals surface area contributed by atoms with Gasteiger partial charge in [0.15, 0.2) is 0 Å². The van der Waals surface area contributed by atoms with Gasteiger partial charge in [0.2, 0.25) is 5.76 Å². The third-order valence-electron chi connectivity index (χ3n) is 4.27. The Bertz CT molecular complexity index is 667. The number of hydrogen-bond acceptors (Lipinski definition) is 5. The molecular formula is C16H21N3O3. The number of aryl methyl sites for hydroxylation is 2. The number of nitrogens with zero attached hydrogens (tertiary/aromatic N) is 3. The van der Waals surface area contributed by atoms with Gasteiger partial charge in [0.1, 0.15) is 5.76 Å². The van der Waals surface area contributed by atoms with Gasteiger partial charge in [-0.25, -0.2) is 0 Å². The van der Waals surface area contributed by atoms with Crippen molar-refractivity contribution in [2.45, 2.75) is 52.5 Å². The van der Waals surface area contributed by atoms with Gasteiger partial charge in [-0.15, -0.1) is 0 Å². The highest BCUT2D eigenvalue weighted by Crippen LogP contribution is 2.36. The Morgan fingerprint density at radius 2 is 2.09 bits per heavy atom. The summed E-state index contributed by atoms with van der Waals surface area (Å²) in [7, 11) is 0. The summed E-state index contributed by atoms with van der Waals surface area (Å²) in [5, 5.41) is 7.98. The molecule has 2 aromatic rings. The highest BCUT2D eigenvalue weighted by atomic mass is 16.5. The minimum Gasteiger partial charge on any atom is -0.361 e. The quantitative estimate of drug-likeness (QED) is 0.869. The van der Waals surface area contributed by atoms with E-state index in [0.29, 0.717) is 12.3 Å². The molecule has 0 aromatic carbocycles. The predicted molar refractivity (Wildman–Crippen MR) is 79.6 cm³/mol. The van der Waals surface area contributed by atoms with Gasteiger partial charge in [-0.2, -0.15) is 0 Å². The molecule has 0 aliphatic carbocycles. The summed E-state index contributed by atoms with van der Waals surface area (Å²) in [4.78, 5) is 14.6. The van der Waals surface area contributed by atoms with Crippen molar-refractivity contribution in [1.29, 1.82) is 0 Å². The first kappa shape index (κ1) is 14.8. The van der Waals surface area contributed by atoms with E-state index < -0.39 is 0 Å². The van der Waals surface area contributed by atoms with Crippen LogP contribution in [0.3, 0.4) is 0 Å². The van der Waals surface area contributed by atoms with Crippen molar-refractivity contribution in [3.8, 4) is 0 Å². The third kappa shape index (κ3) is 2.42. The van der Waals surface area contributed by atoms with Crippen LogP contribution in [-0.2, 0) is 0 Å². The number of amides is 1. The van der Waals surface area contributed by atoms with Crippen molar-refractivity contribution in [3.05, 3.63) is 34.5 Å². The fourth-order valence-corrected chi connectivity index (χ4v) is 3.08. The van der Waals surface area contributed by atoms with E-state index in [-0.39, 0.29) is 17.9 Å². The number of hydrogen-bond donors (Lipinski definition) is 0. The van der Waals surface area contributed by atoms with Crippen molar-refractivity contribution in [1.82, 2.24) is 15.2 Å². The third-order valence-corrected chi connectivity index (χ3v) is 4.27. The van der Waals surface area contributed by atoms with Crippen molar-refractivity contribution >= 4 is 5.91 Å². The molecule has 0 N–H and O–H groups in total. The lowest BCUT2D eigenvalue weighted by Crippen LogP contribution is -2.30. The van der Waals surface area contributed by atoms with E-state index in [1.54, 1.807) is 6.07 Å². The molecule has 2 aromatic heterocycles. The van der Waals surface area contributed by atoms with Gasteiger partial charge >= 0.3 is 0 Å². The number of carbonyl (C=O) groups is 1. The average Bonchev–Trinajstić information content (AvgIpc) is 3.18. The average molecular weight is 303 g/mol. The van der Waals surface area contributed by atoms with E-state index in [9.17, 15) is 4.79 Å². The molecule has 1 aliphatic heterocycles. The monoisotopic (exact) mass is 303 g/mol. The first-order chi connectivity index (χ1) is 10.5. The van der Waals surface area contributed by atoms with Gasteiger partial charge < -0.3 is 13.9 Å². The number of aromatic nitrogens is 2. The molecule has 1 fully saturated rings. The van der Waals surface area contributed by atoms with Gasteiger partial charge in [0.25, 0.3) is 5.91 Å². The molecular weight excluding hydrogens is 282 g/mol. The lowest BCUT2D eigenvalue weighted by atomic mass is 10.0. The fraction of sp³-hybridized carbons (Fsp3) is 0.562. The Hall–Kier alpha value is -2.11. The number of likely N-dealkylation sites (tertiary alicyclic amines) is 1. The molecule has 0 radical (unpaired) electrons. The highest BCUT2D eigenvalue weighted by molar-refractivity contribution is 5.92. The molecule has 1 amide bonds. The van der Waals surface area contributed by atoms with Gasteiger partial charge in [-0.3, -0.25) is 4.79 Å². The summed E-state index contributed by atoms with van der Waals surface area (Å²) in [5.74, 6) is 1.22. The van der Waals surface area contributed by atoms with E-state index in [1.807, 2.05) is 32.6 Å². The molecule has 0 unspecified atom stereocenters. The van der Waals surface area contributed by atoms with Crippen LogP contribution in [0, 0.1) is 13.8 Å². The Balaban J connectivity index is 1.88. The first-order valence-electron chi connectivity index (χ1n) is 7.69. The van der Waals surface area contributed by atoms with Crippen LogP contribution in [0.4, 0.5) is 0 Å². The largest absolute Gasteiger partial charge is 0.361 e. The predicted octanol–water partition coefficient (Wildman–Crippen LogP) is 3.38. The first-order valence-corrected chi connectivity index (χ1v) is 7.69. The van der Waals surface area contributed by atoms with E-state index >= 15 is 0 Å². The Kier molecular flexibility index (Phi) is 3.76.